The Bertz CT molecular complexity index is 121. The molecule has 59 valence electrons. The minimum atomic E-state index is -0.378. The van der Waals surface area contributed by atoms with Crippen molar-refractivity contribution in [1.29, 1.82) is 0 Å². The van der Waals surface area contributed by atoms with Crippen molar-refractivity contribution in [2.75, 3.05) is 0 Å². The van der Waals surface area contributed by atoms with E-state index >= 15 is 0 Å². The Morgan fingerprint density at radius 1 is 1.60 bits per heavy atom. The SMILES string of the molecule is CCCC(C)(C)C(=O)N[NH]. The van der Waals surface area contributed by atoms with E-state index in [9.17, 15) is 4.79 Å². The second-order valence-electron chi connectivity index (χ2n) is 3.09. The van der Waals surface area contributed by atoms with Gasteiger partial charge in [-0.15, -0.1) is 0 Å². The third-order valence-corrected chi connectivity index (χ3v) is 1.60. The van der Waals surface area contributed by atoms with Crippen molar-refractivity contribution in [2.45, 2.75) is 33.6 Å². The average molecular weight is 143 g/mol. The predicted octanol–water partition coefficient (Wildman–Crippen LogP) is 1.13. The van der Waals surface area contributed by atoms with E-state index < -0.39 is 0 Å². The highest BCUT2D eigenvalue weighted by Gasteiger charge is 2.25. The first-order valence-corrected chi connectivity index (χ1v) is 3.51. The van der Waals surface area contributed by atoms with Gasteiger partial charge in [-0.2, -0.15) is 5.84 Å². The van der Waals surface area contributed by atoms with Crippen molar-refractivity contribution in [1.82, 2.24) is 11.3 Å². The van der Waals surface area contributed by atoms with Crippen LogP contribution in [-0.4, -0.2) is 5.91 Å². The summed E-state index contributed by atoms with van der Waals surface area (Å²) in [6.07, 6.45) is 1.80. The first-order chi connectivity index (χ1) is 4.54. The smallest absolute Gasteiger partial charge is 0.240 e. The molecule has 0 aromatic heterocycles. The number of rotatable bonds is 3. The van der Waals surface area contributed by atoms with Gasteiger partial charge < -0.3 is 0 Å². The molecule has 1 amide bonds. The zero-order valence-electron chi connectivity index (χ0n) is 6.82. The van der Waals surface area contributed by atoms with E-state index in [0.29, 0.717) is 0 Å². The van der Waals surface area contributed by atoms with Gasteiger partial charge in [0.15, 0.2) is 0 Å². The second-order valence-corrected chi connectivity index (χ2v) is 3.09. The summed E-state index contributed by atoms with van der Waals surface area (Å²) in [5.74, 6) is 6.44. The Kier molecular flexibility index (Phi) is 3.36. The van der Waals surface area contributed by atoms with Crippen LogP contribution in [0.25, 0.3) is 0 Å². The molecule has 0 aromatic rings. The molecule has 0 unspecified atom stereocenters. The number of amides is 1. The predicted molar refractivity (Wildman–Crippen MR) is 39.9 cm³/mol. The van der Waals surface area contributed by atoms with Crippen LogP contribution in [0.1, 0.15) is 33.6 Å². The highest BCUT2D eigenvalue weighted by Crippen LogP contribution is 2.21. The van der Waals surface area contributed by atoms with Crippen molar-refractivity contribution in [2.24, 2.45) is 5.41 Å². The normalized spacial score (nSPS) is 11.2. The van der Waals surface area contributed by atoms with Gasteiger partial charge in [0.2, 0.25) is 5.91 Å². The fraction of sp³-hybridized carbons (Fsp3) is 0.857. The lowest BCUT2D eigenvalue weighted by Gasteiger charge is -2.20. The minimum absolute atomic E-state index is 0.200. The van der Waals surface area contributed by atoms with Crippen molar-refractivity contribution in [3.63, 3.8) is 0 Å². The summed E-state index contributed by atoms with van der Waals surface area (Å²) in [6.45, 7) is 5.72. The van der Waals surface area contributed by atoms with Crippen LogP contribution < -0.4 is 11.3 Å². The molecule has 0 aliphatic carbocycles. The van der Waals surface area contributed by atoms with E-state index in [0.717, 1.165) is 12.8 Å². The summed E-state index contributed by atoms with van der Waals surface area (Å²) < 4.78 is 0. The molecule has 0 saturated heterocycles. The van der Waals surface area contributed by atoms with Gasteiger partial charge >= 0.3 is 0 Å². The maximum Gasteiger partial charge on any atom is 0.240 e. The molecule has 0 aliphatic rings. The molecule has 0 fully saturated rings. The van der Waals surface area contributed by atoms with E-state index in [1.54, 1.807) is 0 Å². The Labute approximate surface area is 62.0 Å². The average Bonchev–Trinajstić information content (AvgIpc) is 1.86. The molecular formula is C7H15N2O. The quantitative estimate of drug-likeness (QED) is 0.591. The van der Waals surface area contributed by atoms with Crippen molar-refractivity contribution in [3.05, 3.63) is 0 Å². The summed E-state index contributed by atoms with van der Waals surface area (Å²) >= 11 is 0. The largest absolute Gasteiger partial charge is 0.276 e. The van der Waals surface area contributed by atoms with E-state index in [1.165, 1.54) is 0 Å². The van der Waals surface area contributed by atoms with Crippen LogP contribution in [0.3, 0.4) is 0 Å². The molecule has 0 heterocycles. The van der Waals surface area contributed by atoms with E-state index in [2.05, 4.69) is 0 Å². The topological polar surface area (TPSA) is 52.9 Å². The maximum absolute atomic E-state index is 10.9. The van der Waals surface area contributed by atoms with E-state index in [4.69, 9.17) is 5.84 Å². The van der Waals surface area contributed by atoms with Gasteiger partial charge in [-0.05, 0) is 6.42 Å². The highest BCUT2D eigenvalue weighted by molar-refractivity contribution is 5.80. The third-order valence-electron chi connectivity index (χ3n) is 1.60. The van der Waals surface area contributed by atoms with Gasteiger partial charge in [0, 0.05) is 5.41 Å². The summed E-state index contributed by atoms with van der Waals surface area (Å²) in [6, 6.07) is 0. The molecule has 0 atom stereocenters. The zero-order chi connectivity index (χ0) is 8.20. The number of carbonyl (C=O) groups excluding carboxylic acids is 1. The lowest BCUT2D eigenvalue weighted by molar-refractivity contribution is -0.129. The summed E-state index contributed by atoms with van der Waals surface area (Å²) in [5, 5.41) is 0. The number of nitrogens with one attached hydrogen (secondary N) is 2. The van der Waals surface area contributed by atoms with Crippen molar-refractivity contribution < 1.29 is 4.79 Å². The van der Waals surface area contributed by atoms with Gasteiger partial charge in [-0.3, -0.25) is 10.2 Å². The molecule has 0 saturated carbocycles. The first-order valence-electron chi connectivity index (χ1n) is 3.51. The highest BCUT2D eigenvalue weighted by atomic mass is 16.2. The Morgan fingerprint density at radius 2 is 2.10 bits per heavy atom. The van der Waals surface area contributed by atoms with Crippen molar-refractivity contribution in [3.8, 4) is 0 Å². The lowest BCUT2D eigenvalue weighted by atomic mass is 9.87. The molecular weight excluding hydrogens is 128 g/mol. The van der Waals surface area contributed by atoms with Gasteiger partial charge in [0.25, 0.3) is 0 Å². The molecule has 0 bridgehead atoms. The summed E-state index contributed by atoms with van der Waals surface area (Å²) in [7, 11) is 0. The van der Waals surface area contributed by atoms with Crippen LogP contribution in [0.5, 0.6) is 0 Å². The Balaban J connectivity index is 3.96. The van der Waals surface area contributed by atoms with Gasteiger partial charge in [0.1, 0.15) is 0 Å². The van der Waals surface area contributed by atoms with E-state index in [-0.39, 0.29) is 11.3 Å². The first kappa shape index (κ1) is 9.43. The van der Waals surface area contributed by atoms with Gasteiger partial charge in [-0.25, -0.2) is 0 Å². The van der Waals surface area contributed by atoms with Crippen LogP contribution in [-0.2, 0) is 4.79 Å². The number of hydrogen-bond acceptors (Lipinski definition) is 1. The van der Waals surface area contributed by atoms with Crippen LogP contribution >= 0.6 is 0 Å². The van der Waals surface area contributed by atoms with E-state index in [1.807, 2.05) is 26.2 Å². The molecule has 0 aromatic carbocycles. The van der Waals surface area contributed by atoms with Crippen LogP contribution in [0.2, 0.25) is 0 Å². The zero-order valence-corrected chi connectivity index (χ0v) is 6.82. The van der Waals surface area contributed by atoms with Gasteiger partial charge in [-0.1, -0.05) is 27.2 Å². The second kappa shape index (κ2) is 3.56. The standard InChI is InChI=1S/C7H15N2O/c1-4-5-7(2,3)6(10)9-8/h8H,4-5H2,1-3H3,(H,9,10). The van der Waals surface area contributed by atoms with Crippen LogP contribution in [0.15, 0.2) is 0 Å². The Hall–Kier alpha value is -0.570. The molecule has 0 spiro atoms. The van der Waals surface area contributed by atoms with Gasteiger partial charge in [0.05, 0.1) is 0 Å². The molecule has 3 nitrogen and oxygen atoms in total. The minimum Gasteiger partial charge on any atom is -0.276 e. The van der Waals surface area contributed by atoms with Crippen molar-refractivity contribution >= 4 is 5.91 Å². The third kappa shape index (κ3) is 2.35. The summed E-state index contributed by atoms with van der Waals surface area (Å²) in [4.78, 5) is 10.9. The molecule has 10 heavy (non-hydrogen) atoms. The molecule has 0 aliphatic heterocycles. The maximum atomic E-state index is 10.9. The lowest BCUT2D eigenvalue weighted by Crippen LogP contribution is -2.35. The molecule has 0 rings (SSSR count). The molecule has 1 radical (unpaired) electrons. The monoisotopic (exact) mass is 143 g/mol. The fourth-order valence-corrected chi connectivity index (χ4v) is 0.908. The summed E-state index contributed by atoms with van der Waals surface area (Å²) in [5.41, 5.74) is 1.52. The van der Waals surface area contributed by atoms with Crippen LogP contribution in [0, 0.1) is 5.41 Å². The molecule has 2 N–H and O–H groups in total. The fourth-order valence-electron chi connectivity index (χ4n) is 0.908. The molecule has 3 heteroatoms. The Morgan fingerprint density at radius 3 is 2.40 bits per heavy atom. The number of hydrogen-bond donors (Lipinski definition) is 1. The van der Waals surface area contributed by atoms with Crippen LogP contribution in [0.4, 0.5) is 0 Å². The number of carbonyl (C=O) groups is 1.